The molecule has 1 rings (SSSR count). The lowest BCUT2D eigenvalue weighted by molar-refractivity contribution is 0.165. The SMILES string of the molecule is OC(CCCCl)Cc1ccc(Br)s1. The van der Waals surface area contributed by atoms with Crippen LogP contribution in [0.25, 0.3) is 0 Å². The predicted molar refractivity (Wildman–Crippen MR) is 61.7 cm³/mol. The quantitative estimate of drug-likeness (QED) is 0.821. The van der Waals surface area contributed by atoms with Gasteiger partial charge in [-0.05, 0) is 40.9 Å². The van der Waals surface area contributed by atoms with Gasteiger partial charge in [-0.25, -0.2) is 0 Å². The van der Waals surface area contributed by atoms with Crippen molar-refractivity contribution in [3.05, 3.63) is 20.8 Å². The summed E-state index contributed by atoms with van der Waals surface area (Å²) in [5, 5.41) is 9.58. The van der Waals surface area contributed by atoms with Crippen molar-refractivity contribution in [2.24, 2.45) is 0 Å². The van der Waals surface area contributed by atoms with Crippen molar-refractivity contribution in [1.29, 1.82) is 0 Å². The average Bonchev–Trinajstić information content (AvgIpc) is 2.48. The standard InChI is InChI=1S/C9H12BrClOS/c10-9-4-3-8(13-9)6-7(12)2-1-5-11/h3-4,7,12H,1-2,5-6H2. The predicted octanol–water partition coefficient (Wildman–Crippen LogP) is 3.43. The molecule has 0 spiro atoms. The van der Waals surface area contributed by atoms with Gasteiger partial charge in [-0.15, -0.1) is 22.9 Å². The second-order valence-corrected chi connectivity index (χ2v) is 5.82. The van der Waals surface area contributed by atoms with Crippen molar-refractivity contribution >= 4 is 38.9 Å². The van der Waals surface area contributed by atoms with E-state index in [0.717, 1.165) is 23.0 Å². The highest BCUT2D eigenvalue weighted by molar-refractivity contribution is 9.11. The number of rotatable bonds is 5. The Morgan fingerprint density at radius 1 is 1.54 bits per heavy atom. The number of alkyl halides is 1. The van der Waals surface area contributed by atoms with E-state index in [1.54, 1.807) is 11.3 Å². The zero-order chi connectivity index (χ0) is 9.68. The minimum Gasteiger partial charge on any atom is -0.393 e. The van der Waals surface area contributed by atoms with Gasteiger partial charge >= 0.3 is 0 Å². The molecule has 13 heavy (non-hydrogen) atoms. The van der Waals surface area contributed by atoms with Gasteiger partial charge in [0.05, 0.1) is 9.89 Å². The smallest absolute Gasteiger partial charge is 0.0701 e. The van der Waals surface area contributed by atoms with Crippen LogP contribution in [0.5, 0.6) is 0 Å². The van der Waals surface area contributed by atoms with Crippen molar-refractivity contribution in [2.75, 3.05) is 5.88 Å². The third kappa shape index (κ3) is 4.45. The lowest BCUT2D eigenvalue weighted by Gasteiger charge is -2.06. The molecule has 0 aliphatic rings. The van der Waals surface area contributed by atoms with Crippen molar-refractivity contribution < 1.29 is 5.11 Å². The zero-order valence-electron chi connectivity index (χ0n) is 7.17. The van der Waals surface area contributed by atoms with Crippen molar-refractivity contribution in [1.82, 2.24) is 0 Å². The first-order valence-corrected chi connectivity index (χ1v) is 6.35. The fourth-order valence-electron chi connectivity index (χ4n) is 1.11. The van der Waals surface area contributed by atoms with Crippen LogP contribution in [0.1, 0.15) is 17.7 Å². The van der Waals surface area contributed by atoms with Gasteiger partial charge in [-0.3, -0.25) is 0 Å². The Labute approximate surface area is 95.9 Å². The molecule has 0 bridgehead atoms. The summed E-state index contributed by atoms with van der Waals surface area (Å²) in [6, 6.07) is 4.05. The molecule has 1 atom stereocenters. The molecule has 0 aliphatic heterocycles. The fraction of sp³-hybridized carbons (Fsp3) is 0.556. The summed E-state index contributed by atoms with van der Waals surface area (Å²) in [5.41, 5.74) is 0. The highest BCUT2D eigenvalue weighted by Gasteiger charge is 2.06. The Bertz CT molecular complexity index is 252. The molecule has 0 aliphatic carbocycles. The molecule has 1 unspecified atom stereocenters. The lowest BCUT2D eigenvalue weighted by atomic mass is 10.1. The molecule has 0 fully saturated rings. The molecule has 1 aromatic rings. The van der Waals surface area contributed by atoms with E-state index in [0.29, 0.717) is 5.88 Å². The lowest BCUT2D eigenvalue weighted by Crippen LogP contribution is -2.09. The van der Waals surface area contributed by atoms with Crippen LogP contribution in [-0.4, -0.2) is 17.1 Å². The van der Waals surface area contributed by atoms with Crippen LogP contribution in [0, 0.1) is 0 Å². The molecule has 74 valence electrons. The first kappa shape index (κ1) is 11.5. The molecule has 1 N–H and O–H groups in total. The van der Waals surface area contributed by atoms with Gasteiger partial charge in [-0.1, -0.05) is 0 Å². The molecule has 0 radical (unpaired) electrons. The van der Waals surface area contributed by atoms with Crippen LogP contribution in [0.15, 0.2) is 15.9 Å². The first-order chi connectivity index (χ1) is 6.22. The first-order valence-electron chi connectivity index (χ1n) is 4.20. The number of hydrogen-bond acceptors (Lipinski definition) is 2. The normalized spacial score (nSPS) is 13.2. The maximum Gasteiger partial charge on any atom is 0.0701 e. The van der Waals surface area contributed by atoms with E-state index in [1.165, 1.54) is 4.88 Å². The number of halogens is 2. The Balaban J connectivity index is 2.31. The van der Waals surface area contributed by atoms with Crippen LogP contribution < -0.4 is 0 Å². The Morgan fingerprint density at radius 2 is 2.31 bits per heavy atom. The van der Waals surface area contributed by atoms with Crippen molar-refractivity contribution in [2.45, 2.75) is 25.4 Å². The van der Waals surface area contributed by atoms with Crippen LogP contribution >= 0.6 is 38.9 Å². The minimum atomic E-state index is -0.246. The van der Waals surface area contributed by atoms with Crippen LogP contribution in [-0.2, 0) is 6.42 Å². The summed E-state index contributed by atoms with van der Waals surface area (Å²) in [6.45, 7) is 0. The second kappa shape index (κ2) is 6.02. The summed E-state index contributed by atoms with van der Waals surface area (Å²) in [6.07, 6.45) is 2.17. The minimum absolute atomic E-state index is 0.246. The molecule has 1 heterocycles. The molecule has 1 nitrogen and oxygen atoms in total. The highest BCUT2D eigenvalue weighted by atomic mass is 79.9. The maximum atomic E-state index is 9.58. The van der Waals surface area contributed by atoms with Crippen LogP contribution in [0.4, 0.5) is 0 Å². The number of aliphatic hydroxyl groups is 1. The fourth-order valence-corrected chi connectivity index (χ4v) is 2.82. The summed E-state index contributed by atoms with van der Waals surface area (Å²) >= 11 is 10.6. The van der Waals surface area contributed by atoms with Gasteiger partial charge in [0, 0.05) is 17.2 Å². The van der Waals surface area contributed by atoms with Crippen LogP contribution in [0.3, 0.4) is 0 Å². The maximum absolute atomic E-state index is 9.58. The summed E-state index contributed by atoms with van der Waals surface area (Å²) in [5.74, 6) is 0.630. The summed E-state index contributed by atoms with van der Waals surface area (Å²) in [7, 11) is 0. The van der Waals surface area contributed by atoms with E-state index >= 15 is 0 Å². The van der Waals surface area contributed by atoms with Gasteiger partial charge in [0.15, 0.2) is 0 Å². The van der Waals surface area contributed by atoms with E-state index in [1.807, 2.05) is 12.1 Å². The largest absolute Gasteiger partial charge is 0.393 e. The number of thiophene rings is 1. The molecule has 0 aromatic carbocycles. The van der Waals surface area contributed by atoms with E-state index in [4.69, 9.17) is 11.6 Å². The Kier molecular flexibility index (Phi) is 5.32. The molecule has 0 saturated carbocycles. The van der Waals surface area contributed by atoms with Crippen molar-refractivity contribution in [3.8, 4) is 0 Å². The van der Waals surface area contributed by atoms with E-state index in [-0.39, 0.29) is 6.10 Å². The molecule has 0 saturated heterocycles. The third-order valence-electron chi connectivity index (χ3n) is 1.74. The topological polar surface area (TPSA) is 20.2 Å². The Hall–Kier alpha value is 0.430. The number of hydrogen-bond donors (Lipinski definition) is 1. The monoisotopic (exact) mass is 282 g/mol. The van der Waals surface area contributed by atoms with Crippen molar-refractivity contribution in [3.63, 3.8) is 0 Å². The summed E-state index contributed by atoms with van der Waals surface area (Å²) < 4.78 is 1.12. The summed E-state index contributed by atoms with van der Waals surface area (Å²) in [4.78, 5) is 1.22. The van der Waals surface area contributed by atoms with Gasteiger partial charge in [0.1, 0.15) is 0 Å². The highest BCUT2D eigenvalue weighted by Crippen LogP contribution is 2.23. The van der Waals surface area contributed by atoms with Gasteiger partial charge in [0.25, 0.3) is 0 Å². The second-order valence-electron chi connectivity index (χ2n) is 2.89. The zero-order valence-corrected chi connectivity index (χ0v) is 10.3. The molecule has 1 aromatic heterocycles. The average molecular weight is 284 g/mol. The van der Waals surface area contributed by atoms with Crippen LogP contribution in [0.2, 0.25) is 0 Å². The molecule has 4 heteroatoms. The number of aliphatic hydroxyl groups excluding tert-OH is 1. The van der Waals surface area contributed by atoms with Gasteiger partial charge in [0.2, 0.25) is 0 Å². The molecular formula is C9H12BrClOS. The molecular weight excluding hydrogens is 272 g/mol. The Morgan fingerprint density at radius 3 is 2.85 bits per heavy atom. The van der Waals surface area contributed by atoms with E-state index in [9.17, 15) is 5.11 Å². The van der Waals surface area contributed by atoms with Gasteiger partial charge < -0.3 is 5.11 Å². The molecule has 0 amide bonds. The third-order valence-corrected chi connectivity index (χ3v) is 3.65. The van der Waals surface area contributed by atoms with E-state index < -0.39 is 0 Å². The van der Waals surface area contributed by atoms with E-state index in [2.05, 4.69) is 15.9 Å². The van der Waals surface area contributed by atoms with Gasteiger partial charge in [-0.2, -0.15) is 0 Å².